The molecule has 1 fully saturated rings. The number of para-hydroxylation sites is 2. The molecule has 1 heterocycles. The Bertz CT molecular complexity index is 1290. The molecule has 3 aromatic carbocycles. The molecule has 0 spiro atoms. The third kappa shape index (κ3) is 5.19. The van der Waals surface area contributed by atoms with Crippen molar-refractivity contribution >= 4 is 46.7 Å². The van der Waals surface area contributed by atoms with Crippen molar-refractivity contribution in [3.8, 4) is 17.2 Å². The van der Waals surface area contributed by atoms with Crippen LogP contribution in [-0.2, 0) is 14.4 Å². The first-order valence-electron chi connectivity index (χ1n) is 10.4. The minimum absolute atomic E-state index is 0.0232. The van der Waals surface area contributed by atoms with Gasteiger partial charge in [0.2, 0.25) is 0 Å². The monoisotopic (exact) mass is 472 g/mol. The van der Waals surface area contributed by atoms with Gasteiger partial charge in [0.1, 0.15) is 29.4 Å². The molecule has 4 rings (SSSR count). The number of carbonyl (C=O) groups is 3. The van der Waals surface area contributed by atoms with Crippen molar-refractivity contribution in [2.45, 2.75) is 6.92 Å². The predicted octanol–water partition coefficient (Wildman–Crippen LogP) is 4.28. The minimum atomic E-state index is -0.614. The van der Waals surface area contributed by atoms with Gasteiger partial charge in [-0.2, -0.15) is 0 Å². The highest BCUT2D eigenvalue weighted by molar-refractivity contribution is 7.80. The number of nitrogens with zero attached hydrogens (tertiary/aromatic N) is 1. The van der Waals surface area contributed by atoms with Crippen LogP contribution in [0.25, 0.3) is 6.08 Å². The summed E-state index contributed by atoms with van der Waals surface area (Å²) < 4.78 is 11.3. The number of anilines is 1. The summed E-state index contributed by atoms with van der Waals surface area (Å²) in [5, 5.41) is 2.53. The fourth-order valence-corrected chi connectivity index (χ4v) is 3.53. The van der Waals surface area contributed by atoms with Crippen LogP contribution in [0.1, 0.15) is 12.5 Å². The lowest BCUT2D eigenvalue weighted by molar-refractivity contribution is -0.122. The van der Waals surface area contributed by atoms with E-state index >= 15 is 0 Å². The van der Waals surface area contributed by atoms with E-state index in [1.165, 1.54) is 17.9 Å². The molecule has 0 saturated carbocycles. The van der Waals surface area contributed by atoms with Gasteiger partial charge in [0.25, 0.3) is 11.8 Å². The number of ether oxygens (including phenoxy) is 2. The van der Waals surface area contributed by atoms with Gasteiger partial charge in [-0.25, -0.2) is 0 Å². The number of ketones is 1. The molecule has 3 aromatic rings. The normalized spacial score (nSPS) is 14.7. The Morgan fingerprint density at radius 1 is 0.941 bits per heavy atom. The summed E-state index contributed by atoms with van der Waals surface area (Å²) in [4.78, 5) is 38.4. The van der Waals surface area contributed by atoms with Crippen molar-refractivity contribution < 1.29 is 23.9 Å². The molecule has 8 heteroatoms. The van der Waals surface area contributed by atoms with Gasteiger partial charge in [-0.3, -0.25) is 24.6 Å². The molecule has 0 unspecified atom stereocenters. The molecule has 1 N–H and O–H groups in total. The van der Waals surface area contributed by atoms with Crippen LogP contribution in [0.2, 0.25) is 0 Å². The molecule has 170 valence electrons. The number of hydrogen-bond acceptors (Lipinski definition) is 6. The van der Waals surface area contributed by atoms with Gasteiger partial charge in [-0.05, 0) is 67.7 Å². The largest absolute Gasteiger partial charge is 0.485 e. The standard InChI is InChI=1S/C26H20N2O5S/c1-17(29)16-32-23-10-6-5-7-18(23)15-22-24(30)27-26(34)28(25(22)31)19-11-13-21(14-12-19)33-20-8-3-2-4-9-20/h2-15H,16H2,1H3,(H,27,30,34)/b22-15+. The highest BCUT2D eigenvalue weighted by Crippen LogP contribution is 2.28. The second kappa shape index (κ2) is 10.1. The van der Waals surface area contributed by atoms with Crippen molar-refractivity contribution in [2.24, 2.45) is 0 Å². The number of amides is 2. The summed E-state index contributed by atoms with van der Waals surface area (Å²) in [6.07, 6.45) is 1.43. The summed E-state index contributed by atoms with van der Waals surface area (Å²) in [6.45, 7) is 1.29. The minimum Gasteiger partial charge on any atom is -0.485 e. The molecular formula is C26H20N2O5S. The Morgan fingerprint density at radius 3 is 2.29 bits per heavy atom. The number of rotatable bonds is 7. The van der Waals surface area contributed by atoms with Crippen molar-refractivity contribution in [1.29, 1.82) is 0 Å². The smallest absolute Gasteiger partial charge is 0.270 e. The predicted molar refractivity (Wildman–Crippen MR) is 132 cm³/mol. The van der Waals surface area contributed by atoms with Gasteiger partial charge < -0.3 is 9.47 Å². The van der Waals surface area contributed by atoms with Crippen molar-refractivity contribution in [3.63, 3.8) is 0 Å². The molecule has 0 radical (unpaired) electrons. The van der Waals surface area contributed by atoms with Gasteiger partial charge >= 0.3 is 0 Å². The van der Waals surface area contributed by atoms with E-state index in [4.69, 9.17) is 21.7 Å². The molecule has 0 bridgehead atoms. The lowest BCUT2D eigenvalue weighted by Gasteiger charge is -2.29. The maximum absolute atomic E-state index is 13.3. The first kappa shape index (κ1) is 22.9. The van der Waals surface area contributed by atoms with Crippen molar-refractivity contribution in [3.05, 3.63) is 90.0 Å². The Labute approximate surface area is 201 Å². The van der Waals surface area contributed by atoms with E-state index in [2.05, 4.69) is 5.32 Å². The SMILES string of the molecule is CC(=O)COc1ccccc1/C=C1\C(=O)NC(=S)N(c2ccc(Oc3ccccc3)cc2)C1=O. The Morgan fingerprint density at radius 2 is 1.59 bits per heavy atom. The summed E-state index contributed by atoms with van der Waals surface area (Å²) >= 11 is 5.27. The Hall–Kier alpha value is -4.30. The average molecular weight is 473 g/mol. The van der Waals surface area contributed by atoms with Crippen LogP contribution in [0.15, 0.2) is 84.4 Å². The molecule has 1 saturated heterocycles. The molecule has 34 heavy (non-hydrogen) atoms. The van der Waals surface area contributed by atoms with Crippen molar-refractivity contribution in [1.82, 2.24) is 5.32 Å². The maximum atomic E-state index is 13.3. The number of nitrogens with one attached hydrogen (secondary N) is 1. The van der Waals surface area contributed by atoms with Crippen LogP contribution in [0.5, 0.6) is 17.2 Å². The highest BCUT2D eigenvalue weighted by Gasteiger charge is 2.34. The zero-order valence-corrected chi connectivity index (χ0v) is 19.0. The molecular weight excluding hydrogens is 452 g/mol. The maximum Gasteiger partial charge on any atom is 0.270 e. The summed E-state index contributed by atoms with van der Waals surface area (Å²) in [7, 11) is 0. The number of benzene rings is 3. The number of carbonyl (C=O) groups excluding carboxylic acids is 3. The van der Waals surface area contributed by atoms with E-state index in [1.807, 2.05) is 30.3 Å². The summed E-state index contributed by atoms with van der Waals surface area (Å²) in [5.74, 6) is 0.311. The molecule has 1 aliphatic heterocycles. The van der Waals surface area contributed by atoms with E-state index in [0.717, 1.165) is 0 Å². The van der Waals surface area contributed by atoms with Crippen LogP contribution in [0.3, 0.4) is 0 Å². The van der Waals surface area contributed by atoms with E-state index < -0.39 is 11.8 Å². The second-order valence-corrected chi connectivity index (χ2v) is 7.78. The van der Waals surface area contributed by atoms with Gasteiger partial charge in [0.15, 0.2) is 10.9 Å². The lowest BCUT2D eigenvalue weighted by Crippen LogP contribution is -2.54. The number of Topliss-reactive ketones (excluding diaryl/α,β-unsaturated/α-hetero) is 1. The first-order valence-corrected chi connectivity index (χ1v) is 10.8. The van der Waals surface area contributed by atoms with E-state index in [-0.39, 0.29) is 23.1 Å². The molecule has 0 atom stereocenters. The Balaban J connectivity index is 1.60. The van der Waals surface area contributed by atoms with E-state index in [0.29, 0.717) is 28.5 Å². The molecule has 0 aromatic heterocycles. The average Bonchev–Trinajstić information content (AvgIpc) is 2.82. The van der Waals surface area contributed by atoms with E-state index in [9.17, 15) is 14.4 Å². The van der Waals surface area contributed by atoms with Crippen molar-refractivity contribution in [2.75, 3.05) is 11.5 Å². The topological polar surface area (TPSA) is 84.9 Å². The van der Waals surface area contributed by atoms with Gasteiger partial charge in [-0.1, -0.05) is 36.4 Å². The summed E-state index contributed by atoms with van der Waals surface area (Å²) in [6, 6.07) is 22.9. The van der Waals surface area contributed by atoms with Crippen LogP contribution in [0, 0.1) is 0 Å². The first-order chi connectivity index (χ1) is 16.4. The number of thiocarbonyl (C=S) groups is 1. The van der Waals surface area contributed by atoms with Crippen LogP contribution < -0.4 is 19.7 Å². The number of hydrogen-bond donors (Lipinski definition) is 1. The lowest BCUT2D eigenvalue weighted by atomic mass is 10.1. The van der Waals surface area contributed by atoms with Crippen LogP contribution in [-0.4, -0.2) is 29.3 Å². The van der Waals surface area contributed by atoms with Gasteiger partial charge in [0, 0.05) is 5.56 Å². The second-order valence-electron chi connectivity index (χ2n) is 7.40. The summed E-state index contributed by atoms with van der Waals surface area (Å²) in [5.41, 5.74) is 0.848. The molecule has 1 aliphatic rings. The van der Waals surface area contributed by atoms with Gasteiger partial charge in [-0.15, -0.1) is 0 Å². The molecule has 7 nitrogen and oxygen atoms in total. The fraction of sp³-hybridized carbons (Fsp3) is 0.0769. The zero-order chi connectivity index (χ0) is 24.1. The molecule has 2 amide bonds. The van der Waals surface area contributed by atoms with E-state index in [1.54, 1.807) is 48.5 Å². The molecule has 0 aliphatic carbocycles. The third-order valence-corrected chi connectivity index (χ3v) is 5.11. The Kier molecular flexibility index (Phi) is 6.79. The zero-order valence-electron chi connectivity index (χ0n) is 18.2. The highest BCUT2D eigenvalue weighted by atomic mass is 32.1. The van der Waals surface area contributed by atoms with Crippen LogP contribution >= 0.6 is 12.2 Å². The van der Waals surface area contributed by atoms with Crippen LogP contribution in [0.4, 0.5) is 5.69 Å². The fourth-order valence-electron chi connectivity index (χ4n) is 3.25. The quantitative estimate of drug-likeness (QED) is 0.314. The van der Waals surface area contributed by atoms with Gasteiger partial charge in [0.05, 0.1) is 5.69 Å². The third-order valence-electron chi connectivity index (χ3n) is 4.83.